The van der Waals surface area contributed by atoms with E-state index in [1.165, 1.54) is 17.5 Å². The average molecular weight is 413 g/mol. The monoisotopic (exact) mass is 412 g/mol. The first-order valence-corrected chi connectivity index (χ1v) is 9.74. The van der Waals surface area contributed by atoms with Gasteiger partial charge in [-0.2, -0.15) is 5.10 Å². The van der Waals surface area contributed by atoms with Crippen molar-refractivity contribution in [2.24, 2.45) is 0 Å². The fourth-order valence-corrected chi connectivity index (χ4v) is 3.48. The molecule has 150 valence electrons. The zero-order valence-corrected chi connectivity index (χ0v) is 16.8. The van der Waals surface area contributed by atoms with Gasteiger partial charge in [-0.15, -0.1) is 0 Å². The first-order valence-electron chi connectivity index (χ1n) is 9.36. The summed E-state index contributed by atoms with van der Waals surface area (Å²) >= 11 is 6.20. The Morgan fingerprint density at radius 2 is 1.97 bits per heavy atom. The molecule has 4 rings (SSSR count). The molecule has 1 N–H and O–H groups in total. The second-order valence-corrected chi connectivity index (χ2v) is 7.20. The van der Waals surface area contributed by atoms with E-state index in [1.54, 1.807) is 50.1 Å². The Kier molecular flexibility index (Phi) is 5.62. The highest BCUT2D eigenvalue weighted by atomic mass is 35.5. The Bertz CT molecular complexity index is 998. The number of amides is 1. The van der Waals surface area contributed by atoms with Crippen molar-refractivity contribution < 1.29 is 9.53 Å². The van der Waals surface area contributed by atoms with Crippen LogP contribution in [-0.2, 0) is 11.2 Å². The molecule has 3 heterocycles. The van der Waals surface area contributed by atoms with Crippen molar-refractivity contribution in [2.75, 3.05) is 30.4 Å². The lowest BCUT2D eigenvalue weighted by Gasteiger charge is -2.16. The van der Waals surface area contributed by atoms with Gasteiger partial charge in [-0.05, 0) is 30.5 Å². The van der Waals surface area contributed by atoms with Crippen LogP contribution < -0.4 is 15.0 Å². The molecule has 0 saturated carbocycles. The summed E-state index contributed by atoms with van der Waals surface area (Å²) in [5.74, 6) is 0.907. The molecule has 1 saturated heterocycles. The molecule has 0 spiro atoms. The second-order valence-electron chi connectivity index (χ2n) is 6.79. The van der Waals surface area contributed by atoms with Crippen molar-refractivity contribution in [3.05, 3.63) is 53.6 Å². The second kappa shape index (κ2) is 8.48. The SMILES string of the molecule is COc1ccc(CC(=O)Nc2cnn(-c3ncc(N4CCCC4)cn3)c2)c(Cl)c1. The highest BCUT2D eigenvalue weighted by molar-refractivity contribution is 6.31. The molecule has 29 heavy (non-hydrogen) atoms. The van der Waals surface area contributed by atoms with Gasteiger partial charge in [0, 0.05) is 18.1 Å². The summed E-state index contributed by atoms with van der Waals surface area (Å²) in [4.78, 5) is 23.4. The summed E-state index contributed by atoms with van der Waals surface area (Å²) in [6, 6.07) is 5.24. The van der Waals surface area contributed by atoms with E-state index in [4.69, 9.17) is 16.3 Å². The predicted octanol–water partition coefficient (Wildman–Crippen LogP) is 3.11. The third-order valence-corrected chi connectivity index (χ3v) is 5.13. The fraction of sp³-hybridized carbons (Fsp3) is 0.300. The zero-order valence-electron chi connectivity index (χ0n) is 16.0. The maximum atomic E-state index is 12.4. The smallest absolute Gasteiger partial charge is 0.250 e. The molecular formula is C20H21ClN6O2. The van der Waals surface area contributed by atoms with E-state index < -0.39 is 0 Å². The minimum Gasteiger partial charge on any atom is -0.497 e. The number of nitrogens with one attached hydrogen (secondary N) is 1. The van der Waals surface area contributed by atoms with Gasteiger partial charge in [0.05, 0.1) is 49.7 Å². The number of hydrogen-bond donors (Lipinski definition) is 1. The van der Waals surface area contributed by atoms with Crippen LogP contribution in [0.3, 0.4) is 0 Å². The molecule has 1 aliphatic heterocycles. The van der Waals surface area contributed by atoms with Crippen LogP contribution >= 0.6 is 11.6 Å². The fourth-order valence-electron chi connectivity index (χ4n) is 3.24. The van der Waals surface area contributed by atoms with Crippen LogP contribution in [0.4, 0.5) is 11.4 Å². The summed E-state index contributed by atoms with van der Waals surface area (Å²) in [6.07, 6.45) is 9.40. The molecule has 0 unspecified atom stereocenters. The first kappa shape index (κ1) is 19.2. The van der Waals surface area contributed by atoms with Gasteiger partial charge < -0.3 is 15.0 Å². The number of carbonyl (C=O) groups excluding carboxylic acids is 1. The van der Waals surface area contributed by atoms with E-state index in [2.05, 4.69) is 25.3 Å². The zero-order chi connectivity index (χ0) is 20.2. The molecule has 8 nitrogen and oxygen atoms in total. The number of methoxy groups -OCH3 is 1. The van der Waals surface area contributed by atoms with Crippen LogP contribution in [0.2, 0.25) is 5.02 Å². The number of benzene rings is 1. The Morgan fingerprint density at radius 1 is 1.21 bits per heavy atom. The van der Waals surface area contributed by atoms with Gasteiger partial charge in [-0.1, -0.05) is 17.7 Å². The summed E-state index contributed by atoms with van der Waals surface area (Å²) < 4.78 is 6.65. The number of aromatic nitrogens is 4. The maximum Gasteiger partial charge on any atom is 0.250 e. The van der Waals surface area contributed by atoms with Gasteiger partial charge in [-0.25, -0.2) is 14.6 Å². The van der Waals surface area contributed by atoms with Crippen LogP contribution in [0.15, 0.2) is 43.0 Å². The van der Waals surface area contributed by atoms with E-state index >= 15 is 0 Å². The van der Waals surface area contributed by atoms with Crippen molar-refractivity contribution in [3.8, 4) is 11.7 Å². The van der Waals surface area contributed by atoms with Gasteiger partial charge in [0.1, 0.15) is 5.75 Å². The molecule has 0 atom stereocenters. The van der Waals surface area contributed by atoms with Gasteiger partial charge >= 0.3 is 0 Å². The van der Waals surface area contributed by atoms with Crippen molar-refractivity contribution in [1.82, 2.24) is 19.7 Å². The minimum absolute atomic E-state index is 0.148. The molecule has 1 fully saturated rings. The lowest BCUT2D eigenvalue weighted by atomic mass is 10.1. The predicted molar refractivity (Wildman–Crippen MR) is 111 cm³/mol. The lowest BCUT2D eigenvalue weighted by Crippen LogP contribution is -2.18. The summed E-state index contributed by atoms with van der Waals surface area (Å²) in [5, 5.41) is 7.54. The molecule has 1 aliphatic rings. The van der Waals surface area contributed by atoms with E-state index in [0.717, 1.165) is 24.3 Å². The first-order chi connectivity index (χ1) is 14.1. The van der Waals surface area contributed by atoms with E-state index in [0.29, 0.717) is 22.4 Å². The van der Waals surface area contributed by atoms with Gasteiger partial charge in [0.25, 0.3) is 5.95 Å². The van der Waals surface area contributed by atoms with Gasteiger partial charge in [-0.3, -0.25) is 4.79 Å². The van der Waals surface area contributed by atoms with E-state index in [-0.39, 0.29) is 12.3 Å². The van der Waals surface area contributed by atoms with Crippen molar-refractivity contribution in [1.29, 1.82) is 0 Å². The summed E-state index contributed by atoms with van der Waals surface area (Å²) in [7, 11) is 1.57. The number of halogens is 1. The molecule has 0 aliphatic carbocycles. The molecule has 3 aromatic rings. The van der Waals surface area contributed by atoms with E-state index in [1.807, 2.05) is 0 Å². The van der Waals surface area contributed by atoms with E-state index in [9.17, 15) is 4.79 Å². The molecule has 0 radical (unpaired) electrons. The van der Waals surface area contributed by atoms with Crippen LogP contribution in [0.25, 0.3) is 5.95 Å². The maximum absolute atomic E-state index is 12.4. The quantitative estimate of drug-likeness (QED) is 0.669. The highest BCUT2D eigenvalue weighted by Gasteiger charge is 2.14. The molecule has 9 heteroatoms. The molecular weight excluding hydrogens is 392 g/mol. The number of rotatable bonds is 6. The number of anilines is 2. The topological polar surface area (TPSA) is 85.2 Å². The molecule has 1 amide bonds. The van der Waals surface area contributed by atoms with Crippen LogP contribution in [0.1, 0.15) is 18.4 Å². The van der Waals surface area contributed by atoms with Crippen LogP contribution in [0, 0.1) is 0 Å². The van der Waals surface area contributed by atoms with Gasteiger partial charge in [0.15, 0.2) is 0 Å². The largest absolute Gasteiger partial charge is 0.497 e. The summed E-state index contributed by atoms with van der Waals surface area (Å²) in [5.41, 5.74) is 2.30. The normalized spacial score (nSPS) is 13.5. The lowest BCUT2D eigenvalue weighted by molar-refractivity contribution is -0.115. The molecule has 0 bridgehead atoms. The number of ether oxygens (including phenoxy) is 1. The Hall–Kier alpha value is -3.13. The van der Waals surface area contributed by atoms with Gasteiger partial charge in [0.2, 0.25) is 5.91 Å². The summed E-state index contributed by atoms with van der Waals surface area (Å²) in [6.45, 7) is 2.08. The Labute approximate surface area is 173 Å². The average Bonchev–Trinajstić information content (AvgIpc) is 3.42. The Balaban J connectivity index is 1.39. The standard InChI is InChI=1S/C20H21ClN6O2/c1-29-17-5-4-14(18(21)9-17)8-19(28)25-15-10-24-27(13-15)20-22-11-16(12-23-20)26-6-2-3-7-26/h4-5,9-13H,2-3,6-8H2,1H3,(H,25,28). The molecule has 2 aromatic heterocycles. The Morgan fingerprint density at radius 3 is 2.66 bits per heavy atom. The van der Waals surface area contributed by atoms with Crippen molar-refractivity contribution in [3.63, 3.8) is 0 Å². The third-order valence-electron chi connectivity index (χ3n) is 4.78. The number of carbonyl (C=O) groups is 1. The molecule has 1 aromatic carbocycles. The third kappa shape index (κ3) is 4.48. The number of nitrogens with zero attached hydrogens (tertiary/aromatic N) is 5. The van der Waals surface area contributed by atoms with Crippen LogP contribution in [0.5, 0.6) is 5.75 Å². The van der Waals surface area contributed by atoms with Crippen molar-refractivity contribution in [2.45, 2.75) is 19.3 Å². The minimum atomic E-state index is -0.193. The highest BCUT2D eigenvalue weighted by Crippen LogP contribution is 2.23. The number of hydrogen-bond acceptors (Lipinski definition) is 6. The van der Waals surface area contributed by atoms with Crippen molar-refractivity contribution >= 4 is 28.9 Å². The van der Waals surface area contributed by atoms with Crippen LogP contribution in [-0.4, -0.2) is 45.9 Å².